The first-order chi connectivity index (χ1) is 3.31. The molecule has 0 radical (unpaired) electrons. The lowest BCUT2D eigenvalue weighted by Crippen LogP contribution is -2.21. The van der Waals surface area contributed by atoms with Crippen molar-refractivity contribution < 1.29 is 14.4 Å². The van der Waals surface area contributed by atoms with E-state index in [1.165, 1.54) is 0 Å². The van der Waals surface area contributed by atoms with E-state index in [0.717, 1.165) is 0 Å². The zero-order chi connectivity index (χ0) is 5.70. The van der Waals surface area contributed by atoms with Crippen molar-refractivity contribution in [1.29, 1.82) is 0 Å². The third kappa shape index (κ3) is 2.62. The van der Waals surface area contributed by atoms with Gasteiger partial charge in [-0.15, -0.1) is 0 Å². The maximum Gasteiger partial charge on any atom is 0.290 e. The van der Waals surface area contributed by atoms with Gasteiger partial charge in [0.2, 0.25) is 12.7 Å². The van der Waals surface area contributed by atoms with Crippen molar-refractivity contribution in [3.05, 3.63) is 0 Å². The van der Waals surface area contributed by atoms with Crippen LogP contribution >= 0.6 is 0 Å². The third-order valence-electron chi connectivity index (χ3n) is 0.308. The number of carbonyl (C=O) groups excluding carboxylic acids is 3. The molecule has 4 heteroatoms. The number of aldehydes is 1. The van der Waals surface area contributed by atoms with E-state index >= 15 is 0 Å². The Hall–Kier alpha value is -1.19. The van der Waals surface area contributed by atoms with E-state index < -0.39 is 5.91 Å². The van der Waals surface area contributed by atoms with Gasteiger partial charge in [-0.2, -0.15) is 0 Å². The number of amides is 2. The number of imide groups is 1. The van der Waals surface area contributed by atoms with Crippen LogP contribution in [-0.4, -0.2) is 18.6 Å². The van der Waals surface area contributed by atoms with Crippen LogP contribution < -0.4 is 5.32 Å². The molecule has 0 unspecified atom stereocenters. The molecule has 0 aromatic carbocycles. The topological polar surface area (TPSA) is 63.2 Å². The number of carbonyl (C=O) groups is 3. The Morgan fingerprint density at radius 2 is 2.00 bits per heavy atom. The fourth-order valence-electron chi connectivity index (χ4n) is 0.0921. The van der Waals surface area contributed by atoms with Crippen LogP contribution in [0.15, 0.2) is 0 Å². The monoisotopic (exact) mass is 101 g/mol. The maximum atomic E-state index is 9.70. The summed E-state index contributed by atoms with van der Waals surface area (Å²) >= 11 is 0. The van der Waals surface area contributed by atoms with Crippen LogP contribution in [0, 0.1) is 0 Å². The highest BCUT2D eigenvalue weighted by atomic mass is 16.2. The number of hydrogen-bond donors (Lipinski definition) is 1. The molecule has 0 aromatic rings. The van der Waals surface area contributed by atoms with Gasteiger partial charge in [0.1, 0.15) is 0 Å². The summed E-state index contributed by atoms with van der Waals surface area (Å²) in [6.45, 7) is 0. The molecule has 0 rings (SSSR count). The summed E-state index contributed by atoms with van der Waals surface area (Å²) in [7, 11) is 0. The van der Waals surface area contributed by atoms with E-state index in [2.05, 4.69) is 0 Å². The van der Waals surface area contributed by atoms with E-state index in [9.17, 15) is 14.4 Å². The van der Waals surface area contributed by atoms with Crippen LogP contribution in [0.4, 0.5) is 0 Å². The molecule has 0 spiro atoms. The second-order valence-electron chi connectivity index (χ2n) is 0.744. The molecule has 0 aliphatic heterocycles. The van der Waals surface area contributed by atoms with Crippen LogP contribution in [0.3, 0.4) is 0 Å². The molecule has 0 saturated heterocycles. The molecule has 1 N–H and O–H groups in total. The molecule has 4 nitrogen and oxygen atoms in total. The first-order valence-corrected chi connectivity index (χ1v) is 1.50. The fraction of sp³-hybridized carbons (Fsp3) is 0. The number of nitrogens with one attached hydrogen (secondary N) is 1. The molecule has 0 aromatic heterocycles. The van der Waals surface area contributed by atoms with E-state index in [1.54, 1.807) is 5.32 Å². The summed E-state index contributed by atoms with van der Waals surface area (Å²) in [4.78, 5) is 28.3. The van der Waals surface area contributed by atoms with Gasteiger partial charge in [-0.05, 0) is 0 Å². The highest BCUT2D eigenvalue weighted by molar-refractivity contribution is 6.26. The number of hydrogen-bond acceptors (Lipinski definition) is 3. The molecule has 0 saturated carbocycles. The lowest BCUT2D eigenvalue weighted by molar-refractivity contribution is -0.133. The van der Waals surface area contributed by atoms with Gasteiger partial charge in [-0.25, -0.2) is 0 Å². The first kappa shape index (κ1) is 5.81. The first-order valence-electron chi connectivity index (χ1n) is 1.50. The van der Waals surface area contributed by atoms with E-state index in [1.807, 2.05) is 0 Å². The molecule has 0 aliphatic carbocycles. The van der Waals surface area contributed by atoms with Gasteiger partial charge in [0, 0.05) is 0 Å². The molecule has 0 atom stereocenters. The smallest absolute Gasteiger partial charge is 0.290 e. The summed E-state index contributed by atoms with van der Waals surface area (Å²) in [5.74, 6) is -0.921. The minimum Gasteiger partial charge on any atom is -0.293 e. The van der Waals surface area contributed by atoms with Gasteiger partial charge in [-0.1, -0.05) is 0 Å². The predicted octanol–water partition coefficient (Wildman–Crippen LogP) is -1.54. The van der Waals surface area contributed by atoms with E-state index in [4.69, 9.17) is 0 Å². The average molecular weight is 101 g/mol. The SMILES string of the molecule is O=CNC(=O)C=O. The summed E-state index contributed by atoms with van der Waals surface area (Å²) < 4.78 is 0. The van der Waals surface area contributed by atoms with Crippen molar-refractivity contribution in [2.24, 2.45) is 0 Å². The highest BCUT2D eigenvalue weighted by Gasteiger charge is 1.89. The highest BCUT2D eigenvalue weighted by Crippen LogP contribution is 1.44. The third-order valence-corrected chi connectivity index (χ3v) is 0.308. The van der Waals surface area contributed by atoms with Gasteiger partial charge in [0.25, 0.3) is 5.91 Å². The lowest BCUT2D eigenvalue weighted by atomic mass is 10.7. The minimum absolute atomic E-state index is 0.0222. The van der Waals surface area contributed by atoms with Crippen LogP contribution in [0.1, 0.15) is 0 Å². The van der Waals surface area contributed by atoms with Gasteiger partial charge >= 0.3 is 0 Å². The van der Waals surface area contributed by atoms with Gasteiger partial charge in [-0.3, -0.25) is 19.7 Å². The summed E-state index contributed by atoms with van der Waals surface area (Å²) in [6.07, 6.45) is 0.172. The Morgan fingerprint density at radius 1 is 1.43 bits per heavy atom. The zero-order valence-corrected chi connectivity index (χ0v) is 3.38. The largest absolute Gasteiger partial charge is 0.293 e. The Morgan fingerprint density at radius 3 is 2.14 bits per heavy atom. The Labute approximate surface area is 39.5 Å². The molecule has 0 aliphatic rings. The van der Waals surface area contributed by atoms with Crippen LogP contribution in [-0.2, 0) is 14.4 Å². The van der Waals surface area contributed by atoms with Crippen molar-refractivity contribution in [1.82, 2.24) is 5.32 Å². The molecule has 7 heavy (non-hydrogen) atoms. The summed E-state index contributed by atoms with van der Waals surface area (Å²) in [6, 6.07) is 0. The molecule has 0 bridgehead atoms. The Balaban J connectivity index is 3.36. The van der Waals surface area contributed by atoms with Gasteiger partial charge in [0.15, 0.2) is 0 Å². The van der Waals surface area contributed by atoms with Crippen molar-refractivity contribution >= 4 is 18.6 Å². The molecule has 0 fully saturated rings. The standard InChI is InChI=1S/C3H3NO3/c5-1-3(7)4-2-6/h1-2H,(H,4,6,7). The Bertz CT molecular complexity index is 98.4. The molecule has 0 heterocycles. The molecular weight excluding hydrogens is 98.0 g/mol. The van der Waals surface area contributed by atoms with E-state index in [0.29, 0.717) is 0 Å². The summed E-state index contributed by atoms with van der Waals surface area (Å²) in [5, 5.41) is 1.61. The lowest BCUT2D eigenvalue weighted by Gasteiger charge is -1.78. The predicted molar refractivity (Wildman–Crippen MR) is 20.3 cm³/mol. The quantitative estimate of drug-likeness (QED) is 0.338. The fourth-order valence-corrected chi connectivity index (χ4v) is 0.0921. The second kappa shape index (κ2) is 3.02. The minimum atomic E-state index is -0.921. The molecule has 38 valence electrons. The van der Waals surface area contributed by atoms with Gasteiger partial charge in [0.05, 0.1) is 0 Å². The molecular formula is C3H3NO3. The van der Waals surface area contributed by atoms with Crippen molar-refractivity contribution in [3.8, 4) is 0 Å². The van der Waals surface area contributed by atoms with Crippen LogP contribution in [0.5, 0.6) is 0 Å². The van der Waals surface area contributed by atoms with Crippen molar-refractivity contribution in [2.45, 2.75) is 0 Å². The summed E-state index contributed by atoms with van der Waals surface area (Å²) in [5.41, 5.74) is 0. The molecule has 2 amide bonds. The van der Waals surface area contributed by atoms with Gasteiger partial charge < -0.3 is 0 Å². The zero-order valence-electron chi connectivity index (χ0n) is 3.38. The normalized spacial score (nSPS) is 6.86. The Kier molecular flexibility index (Phi) is 2.50. The van der Waals surface area contributed by atoms with Crippen molar-refractivity contribution in [2.75, 3.05) is 0 Å². The van der Waals surface area contributed by atoms with Crippen LogP contribution in [0.2, 0.25) is 0 Å². The maximum absolute atomic E-state index is 9.70. The average Bonchev–Trinajstić information content (AvgIpc) is 1.68. The van der Waals surface area contributed by atoms with E-state index in [-0.39, 0.29) is 12.7 Å². The second-order valence-corrected chi connectivity index (χ2v) is 0.744. The number of rotatable bonds is 2. The van der Waals surface area contributed by atoms with Crippen molar-refractivity contribution in [3.63, 3.8) is 0 Å². The van der Waals surface area contributed by atoms with Crippen LogP contribution in [0.25, 0.3) is 0 Å².